The number of aromatic nitrogens is 1. The summed E-state index contributed by atoms with van der Waals surface area (Å²) in [6.45, 7) is 3.95. The van der Waals surface area contributed by atoms with Gasteiger partial charge in [0.25, 0.3) is 5.91 Å². The van der Waals surface area contributed by atoms with Crippen LogP contribution in [0.25, 0.3) is 11.1 Å². The minimum absolute atomic E-state index is 0.162. The maximum atomic E-state index is 12.2. The van der Waals surface area contributed by atoms with Crippen LogP contribution in [0.1, 0.15) is 22.6 Å². The topological polar surface area (TPSA) is 64.4 Å². The number of hydrogen-bond donors (Lipinski definition) is 1. The number of fused-ring (bicyclic) bond motifs is 1. The smallest absolute Gasteiger partial charge is 0.262 e. The second kappa shape index (κ2) is 9.00. The number of carbonyl (C=O) groups excluding carboxylic acids is 1. The summed E-state index contributed by atoms with van der Waals surface area (Å²) >= 11 is 11.9. The average molecular weight is 455 g/mol. The Morgan fingerprint density at radius 2 is 1.77 bits per heavy atom. The zero-order valence-corrected chi connectivity index (χ0v) is 18.6. The number of nitrogens with zero attached hydrogens (tertiary/aromatic N) is 1. The van der Waals surface area contributed by atoms with Crippen molar-refractivity contribution in [2.45, 2.75) is 20.3 Å². The Bertz CT molecular complexity index is 1210. The highest BCUT2D eigenvalue weighted by atomic mass is 35.5. The molecule has 0 aliphatic carbocycles. The molecule has 0 aliphatic heterocycles. The minimum Gasteiger partial charge on any atom is -0.482 e. The quantitative estimate of drug-likeness (QED) is 0.368. The molecule has 0 atom stereocenters. The molecule has 3 aromatic carbocycles. The number of aryl methyl sites for hydroxylation is 2. The van der Waals surface area contributed by atoms with Gasteiger partial charge in [0, 0.05) is 17.1 Å². The maximum Gasteiger partial charge on any atom is 0.262 e. The molecule has 0 aliphatic rings. The van der Waals surface area contributed by atoms with E-state index in [0.29, 0.717) is 33.8 Å². The number of anilines is 1. The number of benzene rings is 3. The van der Waals surface area contributed by atoms with E-state index in [-0.39, 0.29) is 12.5 Å². The van der Waals surface area contributed by atoms with Crippen molar-refractivity contribution in [3.8, 4) is 5.75 Å². The third kappa shape index (κ3) is 5.19. The third-order valence-corrected chi connectivity index (χ3v) is 5.42. The summed E-state index contributed by atoms with van der Waals surface area (Å²) < 4.78 is 11.3. The van der Waals surface area contributed by atoms with E-state index < -0.39 is 0 Å². The Labute approximate surface area is 189 Å². The Balaban J connectivity index is 1.35. The van der Waals surface area contributed by atoms with Crippen molar-refractivity contribution in [3.63, 3.8) is 0 Å². The number of rotatable bonds is 6. The number of halogens is 2. The molecule has 0 spiro atoms. The molecule has 0 bridgehead atoms. The molecule has 31 heavy (non-hydrogen) atoms. The van der Waals surface area contributed by atoms with E-state index in [0.717, 1.165) is 16.7 Å². The first-order valence-electron chi connectivity index (χ1n) is 9.71. The van der Waals surface area contributed by atoms with Gasteiger partial charge in [-0.3, -0.25) is 4.79 Å². The van der Waals surface area contributed by atoms with Crippen molar-refractivity contribution in [3.05, 3.63) is 87.2 Å². The number of carbonyl (C=O) groups is 1. The van der Waals surface area contributed by atoms with E-state index >= 15 is 0 Å². The van der Waals surface area contributed by atoms with Crippen LogP contribution in [0.4, 0.5) is 5.69 Å². The second-order valence-electron chi connectivity index (χ2n) is 7.30. The van der Waals surface area contributed by atoms with Gasteiger partial charge < -0.3 is 14.5 Å². The van der Waals surface area contributed by atoms with Gasteiger partial charge in [0.15, 0.2) is 18.1 Å². The van der Waals surface area contributed by atoms with Crippen LogP contribution in [0.15, 0.2) is 59.0 Å². The molecule has 0 radical (unpaired) electrons. The molecule has 1 amide bonds. The van der Waals surface area contributed by atoms with E-state index in [1.165, 1.54) is 11.1 Å². The standard InChI is InChI=1S/C24H20Cl2N2O3/c1-14-9-20-22(10-15(14)2)31-24(28-20)11-16-3-6-18(7-4-16)27-23(29)13-30-21-8-5-17(25)12-19(21)26/h3-10,12H,11,13H2,1-2H3,(H,27,29). The van der Waals surface area contributed by atoms with Crippen LogP contribution in [0.2, 0.25) is 10.0 Å². The van der Waals surface area contributed by atoms with Crippen molar-refractivity contribution >= 4 is 45.9 Å². The van der Waals surface area contributed by atoms with Gasteiger partial charge in [-0.25, -0.2) is 4.98 Å². The van der Waals surface area contributed by atoms with Crippen LogP contribution in [0.5, 0.6) is 5.75 Å². The van der Waals surface area contributed by atoms with Crippen LogP contribution in [-0.4, -0.2) is 17.5 Å². The number of ether oxygens (including phenoxy) is 1. The lowest BCUT2D eigenvalue weighted by Gasteiger charge is -2.09. The van der Waals surface area contributed by atoms with Crippen molar-refractivity contribution in [2.75, 3.05) is 11.9 Å². The zero-order valence-electron chi connectivity index (χ0n) is 17.0. The summed E-state index contributed by atoms with van der Waals surface area (Å²) in [4.78, 5) is 16.7. The molecule has 1 N–H and O–H groups in total. The minimum atomic E-state index is -0.288. The SMILES string of the molecule is Cc1cc2nc(Cc3ccc(NC(=O)COc4ccc(Cl)cc4Cl)cc3)oc2cc1C. The highest BCUT2D eigenvalue weighted by molar-refractivity contribution is 6.35. The number of amides is 1. The monoisotopic (exact) mass is 454 g/mol. The first kappa shape index (κ1) is 21.2. The lowest BCUT2D eigenvalue weighted by atomic mass is 10.1. The van der Waals surface area contributed by atoms with Gasteiger partial charge in [0.2, 0.25) is 0 Å². The normalized spacial score (nSPS) is 11.0. The van der Waals surface area contributed by atoms with E-state index in [2.05, 4.69) is 24.1 Å². The summed E-state index contributed by atoms with van der Waals surface area (Å²) in [5.74, 6) is 0.772. The predicted molar refractivity (Wildman–Crippen MR) is 123 cm³/mol. The summed E-state index contributed by atoms with van der Waals surface area (Å²) in [5.41, 5.74) is 5.73. The highest BCUT2D eigenvalue weighted by Crippen LogP contribution is 2.27. The van der Waals surface area contributed by atoms with E-state index in [4.69, 9.17) is 32.4 Å². The van der Waals surface area contributed by atoms with Gasteiger partial charge in [0.1, 0.15) is 11.3 Å². The van der Waals surface area contributed by atoms with Crippen LogP contribution < -0.4 is 10.1 Å². The number of nitrogens with one attached hydrogen (secondary N) is 1. The summed E-state index contributed by atoms with van der Waals surface area (Å²) in [6, 6.07) is 16.4. The van der Waals surface area contributed by atoms with Gasteiger partial charge in [-0.05, 0) is 73.0 Å². The van der Waals surface area contributed by atoms with Crippen LogP contribution in [0, 0.1) is 13.8 Å². The fourth-order valence-corrected chi connectivity index (χ4v) is 3.58. The number of hydrogen-bond acceptors (Lipinski definition) is 4. The Hall–Kier alpha value is -3.02. The molecule has 7 heteroatoms. The molecule has 158 valence electrons. The zero-order chi connectivity index (χ0) is 22.0. The summed E-state index contributed by atoms with van der Waals surface area (Å²) in [7, 11) is 0. The van der Waals surface area contributed by atoms with Gasteiger partial charge in [-0.1, -0.05) is 35.3 Å². The molecule has 0 unspecified atom stereocenters. The highest BCUT2D eigenvalue weighted by Gasteiger charge is 2.10. The van der Waals surface area contributed by atoms with Crippen molar-refractivity contribution < 1.29 is 13.9 Å². The molecule has 1 heterocycles. The molecule has 4 rings (SSSR count). The Morgan fingerprint density at radius 1 is 1.03 bits per heavy atom. The van der Waals surface area contributed by atoms with Crippen LogP contribution in [-0.2, 0) is 11.2 Å². The maximum absolute atomic E-state index is 12.2. The largest absolute Gasteiger partial charge is 0.482 e. The molecule has 4 aromatic rings. The molecule has 5 nitrogen and oxygen atoms in total. The molecule has 0 fully saturated rings. The average Bonchev–Trinajstić information content (AvgIpc) is 3.10. The van der Waals surface area contributed by atoms with E-state index in [9.17, 15) is 4.79 Å². The van der Waals surface area contributed by atoms with Crippen LogP contribution in [0.3, 0.4) is 0 Å². The molecular weight excluding hydrogens is 435 g/mol. The van der Waals surface area contributed by atoms with Gasteiger partial charge in [-0.15, -0.1) is 0 Å². The Morgan fingerprint density at radius 3 is 2.52 bits per heavy atom. The molecule has 0 saturated carbocycles. The van der Waals surface area contributed by atoms with E-state index in [1.54, 1.807) is 18.2 Å². The lowest BCUT2D eigenvalue weighted by Crippen LogP contribution is -2.20. The molecule has 0 saturated heterocycles. The predicted octanol–water partition coefficient (Wildman–Crippen LogP) is 6.36. The van der Waals surface area contributed by atoms with E-state index in [1.807, 2.05) is 36.4 Å². The van der Waals surface area contributed by atoms with Gasteiger partial charge in [0.05, 0.1) is 5.02 Å². The molecular formula is C24H20Cl2N2O3. The van der Waals surface area contributed by atoms with Crippen molar-refractivity contribution in [1.29, 1.82) is 0 Å². The molecule has 1 aromatic heterocycles. The fraction of sp³-hybridized carbons (Fsp3) is 0.167. The van der Waals surface area contributed by atoms with Gasteiger partial charge in [-0.2, -0.15) is 0 Å². The lowest BCUT2D eigenvalue weighted by molar-refractivity contribution is -0.118. The number of oxazole rings is 1. The van der Waals surface area contributed by atoms with Crippen molar-refractivity contribution in [1.82, 2.24) is 4.98 Å². The first-order chi connectivity index (χ1) is 14.9. The summed E-state index contributed by atoms with van der Waals surface area (Å²) in [6.07, 6.45) is 0.569. The fourth-order valence-electron chi connectivity index (χ4n) is 3.12. The third-order valence-electron chi connectivity index (χ3n) is 4.89. The Kier molecular flexibility index (Phi) is 6.16. The van der Waals surface area contributed by atoms with Crippen LogP contribution >= 0.6 is 23.2 Å². The first-order valence-corrected chi connectivity index (χ1v) is 10.5. The van der Waals surface area contributed by atoms with Crippen molar-refractivity contribution in [2.24, 2.45) is 0 Å². The second-order valence-corrected chi connectivity index (χ2v) is 8.14. The summed E-state index contributed by atoms with van der Waals surface area (Å²) in [5, 5.41) is 3.66. The van der Waals surface area contributed by atoms with Gasteiger partial charge >= 0.3 is 0 Å².